The predicted molar refractivity (Wildman–Crippen MR) is 142 cm³/mol. The molecule has 4 N–H and O–H groups in total. The highest BCUT2D eigenvalue weighted by molar-refractivity contribution is 6.11. The quantitative estimate of drug-likeness (QED) is 0.164. The Hall–Kier alpha value is -4.44. The lowest BCUT2D eigenvalue weighted by atomic mass is 9.94. The van der Waals surface area contributed by atoms with Crippen molar-refractivity contribution in [3.63, 3.8) is 0 Å². The Morgan fingerprint density at radius 3 is 1.29 bits per heavy atom. The van der Waals surface area contributed by atoms with Crippen LogP contribution in [0.15, 0.2) is 84.9 Å². The van der Waals surface area contributed by atoms with E-state index >= 15 is 0 Å². The maximum Gasteiger partial charge on any atom is 0.165 e. The molecule has 0 aliphatic carbocycles. The van der Waals surface area contributed by atoms with E-state index in [0.717, 1.165) is 32.3 Å². The number of fused-ring (bicyclic) bond motifs is 6. The van der Waals surface area contributed by atoms with Crippen LogP contribution in [0.1, 0.15) is 17.5 Å². The fourth-order valence-corrected chi connectivity index (χ4v) is 5.21. The summed E-state index contributed by atoms with van der Waals surface area (Å²) in [4.78, 5) is 0. The van der Waals surface area contributed by atoms with Gasteiger partial charge in [0.05, 0.1) is 0 Å². The number of rotatable bonds is 4. The van der Waals surface area contributed by atoms with Crippen molar-refractivity contribution in [2.45, 2.75) is 19.3 Å². The maximum atomic E-state index is 10.7. The average molecular weight is 461 g/mol. The topological polar surface area (TPSA) is 80.9 Å². The summed E-state index contributed by atoms with van der Waals surface area (Å²) >= 11 is 0. The van der Waals surface area contributed by atoms with Crippen molar-refractivity contribution < 1.29 is 20.4 Å². The Morgan fingerprint density at radius 2 is 0.829 bits per heavy atom. The van der Waals surface area contributed by atoms with Gasteiger partial charge >= 0.3 is 0 Å². The zero-order valence-corrected chi connectivity index (χ0v) is 19.0. The molecule has 0 saturated carbocycles. The molecule has 0 atom stereocenters. The summed E-state index contributed by atoms with van der Waals surface area (Å²) in [6.45, 7) is 0. The van der Waals surface area contributed by atoms with Crippen LogP contribution in [-0.4, -0.2) is 20.4 Å². The van der Waals surface area contributed by atoms with Gasteiger partial charge in [-0.15, -0.1) is 0 Å². The third-order valence-corrected chi connectivity index (χ3v) is 7.04. The van der Waals surface area contributed by atoms with Crippen molar-refractivity contribution in [1.82, 2.24) is 0 Å². The fourth-order valence-electron chi connectivity index (χ4n) is 5.21. The number of phenols is 4. The molecule has 4 nitrogen and oxygen atoms in total. The highest BCUT2D eigenvalue weighted by atomic mass is 16.3. The van der Waals surface area contributed by atoms with E-state index in [2.05, 4.69) is 0 Å². The second kappa shape index (κ2) is 8.10. The molecule has 0 aliphatic heterocycles. The second-order valence-corrected chi connectivity index (χ2v) is 9.08. The Bertz CT molecular complexity index is 1640. The van der Waals surface area contributed by atoms with Gasteiger partial charge in [-0.1, -0.05) is 60.7 Å². The Labute approximate surface area is 201 Å². The molecule has 0 fully saturated rings. The molecular weight excluding hydrogens is 436 g/mol. The Morgan fingerprint density at radius 1 is 0.400 bits per heavy atom. The van der Waals surface area contributed by atoms with Crippen LogP contribution in [0.3, 0.4) is 0 Å². The Kier molecular flexibility index (Phi) is 4.89. The van der Waals surface area contributed by atoms with Crippen molar-refractivity contribution in [2.24, 2.45) is 0 Å². The minimum absolute atomic E-state index is 0.107. The van der Waals surface area contributed by atoms with E-state index in [9.17, 15) is 20.4 Å². The van der Waals surface area contributed by atoms with Crippen LogP contribution in [0.5, 0.6) is 23.0 Å². The molecule has 0 aliphatic rings. The normalized spacial score (nSPS) is 11.7. The maximum absolute atomic E-state index is 10.7. The van der Waals surface area contributed by atoms with Gasteiger partial charge < -0.3 is 20.4 Å². The molecule has 0 heterocycles. The second-order valence-electron chi connectivity index (χ2n) is 9.08. The lowest BCUT2D eigenvalue weighted by Crippen LogP contribution is -1.94. The minimum Gasteiger partial charge on any atom is -0.504 e. The van der Waals surface area contributed by atoms with Gasteiger partial charge in [0.2, 0.25) is 0 Å². The summed E-state index contributed by atoms with van der Waals surface area (Å²) in [6, 6.07) is 27.4. The average Bonchev–Trinajstić information content (AvgIpc) is 2.89. The zero-order chi connectivity index (χ0) is 24.1. The minimum atomic E-state index is -0.110. The molecule has 0 unspecified atom stereocenters. The lowest BCUT2D eigenvalue weighted by molar-refractivity contribution is 0.401. The van der Waals surface area contributed by atoms with Crippen molar-refractivity contribution in [1.29, 1.82) is 0 Å². The summed E-state index contributed by atoms with van der Waals surface area (Å²) in [5.41, 5.74) is 1.31. The first kappa shape index (κ1) is 21.1. The van der Waals surface area contributed by atoms with Gasteiger partial charge in [-0.05, 0) is 87.0 Å². The molecule has 0 spiro atoms. The summed E-state index contributed by atoms with van der Waals surface area (Å²) in [7, 11) is 0. The van der Waals surface area contributed by atoms with Crippen molar-refractivity contribution >= 4 is 43.1 Å². The third kappa shape index (κ3) is 3.38. The molecule has 0 radical (unpaired) electrons. The van der Waals surface area contributed by atoms with Crippen LogP contribution in [0.2, 0.25) is 0 Å². The van der Waals surface area contributed by atoms with Crippen LogP contribution in [0, 0.1) is 0 Å². The number of aryl methyl sites for hydroxylation is 2. The molecule has 172 valence electrons. The smallest absolute Gasteiger partial charge is 0.165 e. The monoisotopic (exact) mass is 460 g/mol. The number of benzene rings is 6. The molecule has 4 heteroatoms. The van der Waals surface area contributed by atoms with Crippen molar-refractivity contribution in [3.05, 3.63) is 96.1 Å². The summed E-state index contributed by atoms with van der Waals surface area (Å²) in [6.07, 6.45) is 1.63. The number of phenolic OH excluding ortho intramolecular Hbond substituents is 4. The van der Waals surface area contributed by atoms with Crippen molar-refractivity contribution in [2.75, 3.05) is 0 Å². The number of hydrogen-bond donors (Lipinski definition) is 4. The molecule has 6 aromatic rings. The summed E-state index contributed by atoms with van der Waals surface area (Å²) in [5, 5.41) is 50.0. The van der Waals surface area contributed by atoms with Crippen molar-refractivity contribution in [3.8, 4) is 23.0 Å². The molecule has 0 aromatic heterocycles. The zero-order valence-electron chi connectivity index (χ0n) is 19.0. The van der Waals surface area contributed by atoms with Crippen LogP contribution < -0.4 is 0 Å². The molecule has 0 saturated heterocycles. The fraction of sp³-hybridized carbons (Fsp3) is 0.0968. The van der Waals surface area contributed by atoms with E-state index in [0.29, 0.717) is 41.2 Å². The van der Waals surface area contributed by atoms with E-state index in [1.54, 1.807) is 0 Å². The first-order valence-corrected chi connectivity index (χ1v) is 11.7. The SMILES string of the molecule is Oc1c(CCCc2cc3c(ccc4ccccc43)c(O)c2O)cc2c(ccc3ccccc32)c1O. The summed E-state index contributed by atoms with van der Waals surface area (Å²) in [5.74, 6) is -0.435. The van der Waals surface area contributed by atoms with E-state index in [1.807, 2.05) is 84.9 Å². The molecule has 0 amide bonds. The first-order chi connectivity index (χ1) is 17.0. The summed E-state index contributed by atoms with van der Waals surface area (Å²) < 4.78 is 0. The van der Waals surface area contributed by atoms with Gasteiger partial charge in [0.15, 0.2) is 23.0 Å². The predicted octanol–water partition coefficient (Wildman–Crippen LogP) is 7.30. The van der Waals surface area contributed by atoms with Gasteiger partial charge in [0.25, 0.3) is 0 Å². The van der Waals surface area contributed by atoms with Crippen LogP contribution in [0.25, 0.3) is 43.1 Å². The number of hydrogen-bond acceptors (Lipinski definition) is 4. The van der Waals surface area contributed by atoms with Gasteiger partial charge in [-0.3, -0.25) is 0 Å². The lowest BCUT2D eigenvalue weighted by Gasteiger charge is -2.14. The molecule has 0 bridgehead atoms. The van der Waals surface area contributed by atoms with Gasteiger partial charge in [-0.25, -0.2) is 0 Å². The molecular formula is C31H24O4. The largest absolute Gasteiger partial charge is 0.504 e. The van der Waals surface area contributed by atoms with Crippen LogP contribution in [0.4, 0.5) is 0 Å². The van der Waals surface area contributed by atoms with Crippen LogP contribution >= 0.6 is 0 Å². The standard InChI is InChI=1S/C31H24O4/c32-28-20(16-26-22-10-3-1-6-18(22)12-14-24(26)30(28)34)8-5-9-21-17-27-23-11-4-2-7-19(23)13-15-25(27)31(35)29(21)33/h1-4,6-7,10-17,32-35H,5,8-9H2. The van der Waals surface area contributed by atoms with E-state index in [1.165, 1.54) is 0 Å². The number of aromatic hydroxyl groups is 4. The molecule has 6 aromatic carbocycles. The first-order valence-electron chi connectivity index (χ1n) is 11.7. The van der Waals surface area contributed by atoms with Gasteiger partial charge in [0, 0.05) is 10.8 Å². The third-order valence-electron chi connectivity index (χ3n) is 7.04. The Balaban J connectivity index is 1.36. The van der Waals surface area contributed by atoms with E-state index < -0.39 is 0 Å². The van der Waals surface area contributed by atoms with E-state index in [-0.39, 0.29) is 23.0 Å². The van der Waals surface area contributed by atoms with Gasteiger partial charge in [-0.2, -0.15) is 0 Å². The highest BCUT2D eigenvalue weighted by Crippen LogP contribution is 2.42. The molecule has 6 rings (SSSR count). The highest BCUT2D eigenvalue weighted by Gasteiger charge is 2.16. The van der Waals surface area contributed by atoms with Gasteiger partial charge in [0.1, 0.15) is 0 Å². The van der Waals surface area contributed by atoms with Crippen LogP contribution in [-0.2, 0) is 12.8 Å². The van der Waals surface area contributed by atoms with E-state index in [4.69, 9.17) is 0 Å². The molecule has 35 heavy (non-hydrogen) atoms.